The molecule has 0 spiro atoms. The predicted octanol–water partition coefficient (Wildman–Crippen LogP) is 1.74. The van der Waals surface area contributed by atoms with E-state index >= 15 is 0 Å². The fourth-order valence-corrected chi connectivity index (χ4v) is 2.19. The maximum absolute atomic E-state index is 12.0. The number of hydrogen-bond acceptors (Lipinski definition) is 4. The quantitative estimate of drug-likeness (QED) is 0.866. The molecular weight excluding hydrogens is 268 g/mol. The average molecular weight is 288 g/mol. The third-order valence-electron chi connectivity index (χ3n) is 3.42. The van der Waals surface area contributed by atoms with Gasteiger partial charge in [-0.1, -0.05) is 0 Å². The summed E-state index contributed by atoms with van der Waals surface area (Å²) in [5.74, 6) is -0.430. The Kier molecular flexibility index (Phi) is 4.92. The zero-order chi connectivity index (χ0) is 15.2. The maximum Gasteiger partial charge on any atom is 0.271 e. The van der Waals surface area contributed by atoms with Crippen LogP contribution in [0.1, 0.15) is 26.7 Å². The number of amides is 2. The molecule has 112 valence electrons. The fraction of sp³-hybridized carbons (Fsp3) is 0.400. The number of carbonyl (C=O) groups excluding carboxylic acids is 2. The minimum Gasteiger partial charge on any atom is -0.372 e. The Bertz CT molecular complexity index is 547. The molecule has 0 saturated carbocycles. The first-order valence-electron chi connectivity index (χ1n) is 7.15. The molecular formula is C15H20N4O2. The van der Waals surface area contributed by atoms with Gasteiger partial charge in [-0.3, -0.25) is 9.59 Å². The number of carbonyl (C=O) groups is 2. The van der Waals surface area contributed by atoms with E-state index in [1.165, 1.54) is 0 Å². The summed E-state index contributed by atoms with van der Waals surface area (Å²) >= 11 is 0. The third kappa shape index (κ3) is 3.81. The number of hydrogen-bond donors (Lipinski definition) is 2. The lowest BCUT2D eigenvalue weighted by Crippen LogP contribution is -2.32. The van der Waals surface area contributed by atoms with Crippen LogP contribution in [0.2, 0.25) is 0 Å². The Labute approximate surface area is 124 Å². The van der Waals surface area contributed by atoms with Gasteiger partial charge < -0.3 is 10.2 Å². The zero-order valence-electron chi connectivity index (χ0n) is 12.3. The van der Waals surface area contributed by atoms with Gasteiger partial charge >= 0.3 is 0 Å². The van der Waals surface area contributed by atoms with Crippen LogP contribution in [0.3, 0.4) is 0 Å². The summed E-state index contributed by atoms with van der Waals surface area (Å²) in [6.45, 7) is 6.10. The average Bonchev–Trinajstić information content (AvgIpc) is 2.51. The molecule has 0 bridgehead atoms. The van der Waals surface area contributed by atoms with Gasteiger partial charge in [0.25, 0.3) is 5.91 Å². The molecule has 2 amide bonds. The Morgan fingerprint density at radius 3 is 2.43 bits per heavy atom. The standard InChI is InChI=1S/C15H20N4O2/c1-3-19(4-2)12-7-5-11(6-8-12)16-15(21)13-9-10-14(20)18-17-13/h5-8H,3-4,9-10H2,1-2H3,(H,16,21)(H,18,20). The molecule has 0 aromatic heterocycles. The summed E-state index contributed by atoms with van der Waals surface area (Å²) in [4.78, 5) is 25.2. The summed E-state index contributed by atoms with van der Waals surface area (Å²) < 4.78 is 0. The van der Waals surface area contributed by atoms with Crippen LogP contribution in [-0.2, 0) is 9.59 Å². The highest BCUT2D eigenvalue weighted by atomic mass is 16.2. The maximum atomic E-state index is 12.0. The number of benzene rings is 1. The van der Waals surface area contributed by atoms with Crippen LogP contribution in [0.5, 0.6) is 0 Å². The van der Waals surface area contributed by atoms with E-state index in [1.807, 2.05) is 24.3 Å². The molecule has 0 atom stereocenters. The van der Waals surface area contributed by atoms with Gasteiger partial charge in [-0.15, -0.1) is 0 Å². The van der Waals surface area contributed by atoms with Gasteiger partial charge in [0.05, 0.1) is 0 Å². The number of hydrazone groups is 1. The van der Waals surface area contributed by atoms with Crippen LogP contribution in [0.25, 0.3) is 0 Å². The molecule has 1 aromatic carbocycles. The van der Waals surface area contributed by atoms with Crippen molar-refractivity contribution >= 4 is 28.9 Å². The lowest BCUT2D eigenvalue weighted by atomic mass is 10.1. The van der Waals surface area contributed by atoms with Gasteiger partial charge in [-0.05, 0) is 38.1 Å². The summed E-state index contributed by atoms with van der Waals surface area (Å²) in [6, 6.07) is 7.70. The van der Waals surface area contributed by atoms with E-state index in [0.717, 1.165) is 24.5 Å². The van der Waals surface area contributed by atoms with Crippen molar-refractivity contribution < 1.29 is 9.59 Å². The molecule has 21 heavy (non-hydrogen) atoms. The molecule has 1 aliphatic rings. The normalized spacial score (nSPS) is 14.2. The predicted molar refractivity (Wildman–Crippen MR) is 83.4 cm³/mol. The van der Waals surface area contributed by atoms with Crippen LogP contribution in [0.15, 0.2) is 29.4 Å². The second-order valence-corrected chi connectivity index (χ2v) is 4.77. The molecule has 0 fully saturated rings. The highest BCUT2D eigenvalue weighted by Gasteiger charge is 2.18. The van der Waals surface area contributed by atoms with Crippen molar-refractivity contribution in [3.05, 3.63) is 24.3 Å². The smallest absolute Gasteiger partial charge is 0.271 e. The molecule has 0 aliphatic carbocycles. The molecule has 0 radical (unpaired) electrons. The zero-order valence-corrected chi connectivity index (χ0v) is 12.3. The van der Waals surface area contributed by atoms with E-state index in [4.69, 9.17) is 0 Å². The van der Waals surface area contributed by atoms with E-state index in [1.54, 1.807) is 0 Å². The first-order chi connectivity index (χ1) is 10.1. The second kappa shape index (κ2) is 6.88. The number of nitrogens with one attached hydrogen (secondary N) is 2. The second-order valence-electron chi connectivity index (χ2n) is 4.77. The van der Waals surface area contributed by atoms with E-state index in [2.05, 4.69) is 34.6 Å². The molecule has 2 N–H and O–H groups in total. The topological polar surface area (TPSA) is 73.8 Å². The minimum absolute atomic E-state index is 0.157. The summed E-state index contributed by atoms with van der Waals surface area (Å²) in [5.41, 5.74) is 4.51. The number of anilines is 2. The molecule has 2 rings (SSSR count). The van der Waals surface area contributed by atoms with E-state index < -0.39 is 0 Å². The molecule has 6 heteroatoms. The lowest BCUT2D eigenvalue weighted by Gasteiger charge is -2.21. The first-order valence-corrected chi connectivity index (χ1v) is 7.15. The molecule has 1 aromatic rings. The van der Waals surface area contributed by atoms with Crippen molar-refractivity contribution in [3.8, 4) is 0 Å². The van der Waals surface area contributed by atoms with Crippen molar-refractivity contribution in [1.82, 2.24) is 5.43 Å². The molecule has 0 saturated heterocycles. The van der Waals surface area contributed by atoms with Crippen molar-refractivity contribution in [3.63, 3.8) is 0 Å². The number of nitrogens with zero attached hydrogens (tertiary/aromatic N) is 2. The Morgan fingerprint density at radius 1 is 1.24 bits per heavy atom. The van der Waals surface area contributed by atoms with Gasteiger partial charge in [0.15, 0.2) is 0 Å². The van der Waals surface area contributed by atoms with Gasteiger partial charge in [-0.25, -0.2) is 5.43 Å². The summed E-state index contributed by atoms with van der Waals surface area (Å²) in [5, 5.41) is 6.56. The van der Waals surface area contributed by atoms with E-state index in [-0.39, 0.29) is 11.8 Å². The van der Waals surface area contributed by atoms with Crippen LogP contribution < -0.4 is 15.6 Å². The van der Waals surface area contributed by atoms with Crippen molar-refractivity contribution in [2.24, 2.45) is 5.10 Å². The van der Waals surface area contributed by atoms with Gasteiger partial charge in [-0.2, -0.15) is 5.10 Å². The molecule has 1 heterocycles. The van der Waals surface area contributed by atoms with Crippen molar-refractivity contribution in [2.75, 3.05) is 23.3 Å². The van der Waals surface area contributed by atoms with Crippen molar-refractivity contribution in [1.29, 1.82) is 0 Å². The Morgan fingerprint density at radius 2 is 1.90 bits per heavy atom. The van der Waals surface area contributed by atoms with Crippen LogP contribution in [0.4, 0.5) is 11.4 Å². The molecule has 1 aliphatic heterocycles. The highest BCUT2D eigenvalue weighted by Crippen LogP contribution is 2.18. The highest BCUT2D eigenvalue weighted by molar-refractivity contribution is 6.43. The first kappa shape index (κ1) is 15.0. The lowest BCUT2D eigenvalue weighted by molar-refractivity contribution is -0.121. The SMILES string of the molecule is CCN(CC)c1ccc(NC(=O)C2=NNC(=O)CC2)cc1. The minimum atomic E-state index is -0.273. The summed E-state index contributed by atoms with van der Waals surface area (Å²) in [7, 11) is 0. The monoisotopic (exact) mass is 288 g/mol. The van der Waals surface area contributed by atoms with Crippen LogP contribution in [0, 0.1) is 0 Å². The molecule has 6 nitrogen and oxygen atoms in total. The molecule has 0 unspecified atom stereocenters. The number of rotatable bonds is 5. The van der Waals surface area contributed by atoms with Gasteiger partial charge in [0, 0.05) is 37.3 Å². The fourth-order valence-electron chi connectivity index (χ4n) is 2.19. The Balaban J connectivity index is 2.00. The summed E-state index contributed by atoms with van der Waals surface area (Å²) in [6.07, 6.45) is 0.669. The van der Waals surface area contributed by atoms with Gasteiger partial charge in [0.2, 0.25) is 5.91 Å². The van der Waals surface area contributed by atoms with Gasteiger partial charge in [0.1, 0.15) is 5.71 Å². The van der Waals surface area contributed by atoms with Crippen LogP contribution >= 0.6 is 0 Å². The largest absolute Gasteiger partial charge is 0.372 e. The van der Waals surface area contributed by atoms with Crippen molar-refractivity contribution in [2.45, 2.75) is 26.7 Å². The van der Waals surface area contributed by atoms with E-state index in [0.29, 0.717) is 18.6 Å². The third-order valence-corrected chi connectivity index (χ3v) is 3.42. The van der Waals surface area contributed by atoms with Crippen LogP contribution in [-0.4, -0.2) is 30.6 Å². The Hall–Kier alpha value is -2.37. The van der Waals surface area contributed by atoms with E-state index in [9.17, 15) is 9.59 Å².